The van der Waals surface area contributed by atoms with Gasteiger partial charge in [0.1, 0.15) is 34.7 Å². The summed E-state index contributed by atoms with van der Waals surface area (Å²) in [4.78, 5) is 9.54. The number of hydrogen-bond acceptors (Lipinski definition) is 11. The molecule has 14 heteroatoms. The Morgan fingerprint density at radius 2 is 1.81 bits per heavy atom. The zero-order chi connectivity index (χ0) is 25.9. The molecule has 0 saturated carbocycles. The van der Waals surface area contributed by atoms with Gasteiger partial charge in [-0.15, -0.1) is 10.2 Å². The molecule has 2 atom stereocenters. The van der Waals surface area contributed by atoms with Crippen LogP contribution in [0, 0.1) is 0 Å². The van der Waals surface area contributed by atoms with Crippen LogP contribution < -0.4 is 24.4 Å². The van der Waals surface area contributed by atoms with Gasteiger partial charge in [0.25, 0.3) is 0 Å². The summed E-state index contributed by atoms with van der Waals surface area (Å²) < 4.78 is 46.2. The van der Waals surface area contributed by atoms with E-state index in [0.29, 0.717) is 28.8 Å². The molecule has 0 radical (unpaired) electrons. The minimum atomic E-state index is -4.14. The number of nitrogens with zero attached hydrogens (tertiary/aromatic N) is 4. The average molecular weight is 519 g/mol. The van der Waals surface area contributed by atoms with Crippen LogP contribution in [-0.4, -0.2) is 72.5 Å². The third-order valence-corrected chi connectivity index (χ3v) is 6.43. The first kappa shape index (κ1) is 25.2. The average Bonchev–Trinajstić information content (AvgIpc) is 3.49. The molecule has 192 valence electrons. The van der Waals surface area contributed by atoms with Crippen LogP contribution in [0.1, 0.15) is 6.92 Å². The highest BCUT2D eigenvalue weighted by Crippen LogP contribution is 2.37. The van der Waals surface area contributed by atoms with Crippen molar-refractivity contribution in [3.05, 3.63) is 48.2 Å². The first-order valence-electron chi connectivity index (χ1n) is 10.8. The van der Waals surface area contributed by atoms with E-state index in [1.54, 1.807) is 49.4 Å². The first-order chi connectivity index (χ1) is 17.3. The highest BCUT2D eigenvalue weighted by Gasteiger charge is 2.29. The number of hydroxylamine groups is 1. The lowest BCUT2D eigenvalue weighted by molar-refractivity contribution is 0.0662. The zero-order valence-corrected chi connectivity index (χ0v) is 20.8. The Morgan fingerprint density at radius 3 is 2.42 bits per heavy atom. The lowest BCUT2D eigenvalue weighted by atomic mass is 10.2. The van der Waals surface area contributed by atoms with Crippen LogP contribution >= 0.6 is 0 Å². The van der Waals surface area contributed by atoms with Gasteiger partial charge in [-0.2, -0.15) is 5.48 Å². The highest BCUT2D eigenvalue weighted by atomic mass is 32.2. The number of methoxy groups -OCH3 is 3. The number of ether oxygens (including phenoxy) is 3. The van der Waals surface area contributed by atoms with Gasteiger partial charge >= 0.3 is 0 Å². The van der Waals surface area contributed by atoms with Gasteiger partial charge in [0.2, 0.25) is 21.9 Å². The Morgan fingerprint density at radius 1 is 1.11 bits per heavy atom. The quantitative estimate of drug-likeness (QED) is 0.355. The summed E-state index contributed by atoms with van der Waals surface area (Å²) in [6.07, 6.45) is 0.186. The van der Waals surface area contributed by atoms with Crippen molar-refractivity contribution in [1.82, 2.24) is 25.2 Å². The summed E-state index contributed by atoms with van der Waals surface area (Å²) in [5.41, 5.74) is 3.32. The van der Waals surface area contributed by atoms with E-state index in [2.05, 4.69) is 25.4 Å². The molecule has 1 aliphatic heterocycles. The van der Waals surface area contributed by atoms with Gasteiger partial charge in [0, 0.05) is 6.07 Å². The van der Waals surface area contributed by atoms with Crippen LogP contribution in [0.25, 0.3) is 17.2 Å². The SMILES string of the molecule is COc1cccc(-c2nnc(NS(=O)(=O)C[C@H](O)C3=CC(C)NO3)n2-c2c(OC)cccc2OC)n1. The summed E-state index contributed by atoms with van der Waals surface area (Å²) in [5, 5.41) is 18.7. The van der Waals surface area contributed by atoms with Gasteiger partial charge in [-0.1, -0.05) is 12.1 Å². The fraction of sp³-hybridized carbons (Fsp3) is 0.318. The molecule has 1 aliphatic rings. The Bertz CT molecular complexity index is 1350. The lowest BCUT2D eigenvalue weighted by Crippen LogP contribution is -2.29. The summed E-state index contributed by atoms with van der Waals surface area (Å²) in [5.74, 6) is 0.503. The Labute approximate surface area is 207 Å². The molecule has 0 fully saturated rings. The van der Waals surface area contributed by atoms with E-state index in [1.807, 2.05) is 0 Å². The molecule has 3 N–H and O–H groups in total. The predicted octanol–water partition coefficient (Wildman–Crippen LogP) is 1.26. The van der Waals surface area contributed by atoms with Gasteiger partial charge in [0.05, 0.1) is 27.4 Å². The monoisotopic (exact) mass is 518 g/mol. The van der Waals surface area contributed by atoms with E-state index in [0.717, 1.165) is 0 Å². The Kier molecular flexibility index (Phi) is 7.28. The number of aromatic nitrogens is 4. The van der Waals surface area contributed by atoms with Gasteiger partial charge in [-0.3, -0.25) is 9.29 Å². The maximum Gasteiger partial charge on any atom is 0.243 e. The molecular formula is C22H26N6O7S. The van der Waals surface area contributed by atoms with Crippen LogP contribution in [0.5, 0.6) is 17.4 Å². The van der Waals surface area contributed by atoms with Crippen LogP contribution in [0.15, 0.2) is 48.2 Å². The molecule has 4 rings (SSSR count). The fourth-order valence-corrected chi connectivity index (χ4v) is 4.63. The molecule has 1 unspecified atom stereocenters. The molecule has 0 bridgehead atoms. The van der Waals surface area contributed by atoms with Crippen LogP contribution in [0.2, 0.25) is 0 Å². The third-order valence-electron chi connectivity index (χ3n) is 5.18. The van der Waals surface area contributed by atoms with Crippen molar-refractivity contribution in [2.24, 2.45) is 0 Å². The number of sulfonamides is 1. The summed E-state index contributed by atoms with van der Waals surface area (Å²) in [7, 11) is 0.276. The smallest absolute Gasteiger partial charge is 0.243 e. The topological polar surface area (TPSA) is 159 Å². The molecule has 3 heterocycles. The van der Waals surface area contributed by atoms with Crippen LogP contribution in [0.3, 0.4) is 0 Å². The summed E-state index contributed by atoms with van der Waals surface area (Å²) in [6.45, 7) is 1.80. The van der Waals surface area contributed by atoms with Crippen molar-refractivity contribution in [1.29, 1.82) is 0 Å². The van der Waals surface area contributed by atoms with Gasteiger partial charge in [-0.05, 0) is 31.2 Å². The fourth-order valence-electron chi connectivity index (χ4n) is 3.56. The van der Waals surface area contributed by atoms with Crippen molar-refractivity contribution < 1.29 is 32.6 Å². The number of aliphatic hydroxyl groups is 1. The second-order valence-corrected chi connectivity index (χ2v) is 9.50. The molecule has 0 spiro atoms. The first-order valence-corrected chi connectivity index (χ1v) is 12.4. The predicted molar refractivity (Wildman–Crippen MR) is 129 cm³/mol. The molecular weight excluding hydrogens is 492 g/mol. The number of nitrogens with one attached hydrogen (secondary N) is 2. The third kappa shape index (κ3) is 5.19. The van der Waals surface area contributed by atoms with Crippen LogP contribution in [0.4, 0.5) is 5.95 Å². The maximum absolute atomic E-state index is 13.0. The maximum atomic E-state index is 13.0. The zero-order valence-electron chi connectivity index (χ0n) is 20.0. The molecule has 0 aliphatic carbocycles. The van der Waals surface area contributed by atoms with Crippen molar-refractivity contribution in [2.45, 2.75) is 19.1 Å². The number of pyridine rings is 1. The molecule has 0 amide bonds. The highest BCUT2D eigenvalue weighted by molar-refractivity contribution is 7.92. The van der Waals surface area contributed by atoms with E-state index >= 15 is 0 Å². The van der Waals surface area contributed by atoms with E-state index in [4.69, 9.17) is 19.0 Å². The lowest BCUT2D eigenvalue weighted by Gasteiger charge is -2.18. The number of benzene rings is 1. The van der Waals surface area contributed by atoms with Crippen molar-refractivity contribution in [3.8, 4) is 34.6 Å². The van der Waals surface area contributed by atoms with Crippen LogP contribution in [-0.2, 0) is 14.9 Å². The number of rotatable bonds is 10. The molecule has 1 aromatic carbocycles. The van der Waals surface area contributed by atoms with Crippen molar-refractivity contribution in [3.63, 3.8) is 0 Å². The van der Waals surface area contributed by atoms with E-state index in [-0.39, 0.29) is 23.6 Å². The Hall–Kier alpha value is -3.88. The second-order valence-electron chi connectivity index (χ2n) is 7.74. The second kappa shape index (κ2) is 10.4. The minimum Gasteiger partial charge on any atom is -0.494 e. The number of anilines is 1. The molecule has 3 aromatic rings. The van der Waals surface area contributed by atoms with Crippen molar-refractivity contribution >= 4 is 16.0 Å². The summed E-state index contributed by atoms with van der Waals surface area (Å²) in [6, 6.07) is 9.97. The molecule has 36 heavy (non-hydrogen) atoms. The minimum absolute atomic E-state index is 0.113. The van der Waals surface area contributed by atoms with Gasteiger partial charge in [-0.25, -0.2) is 13.4 Å². The van der Waals surface area contributed by atoms with E-state index < -0.39 is 21.9 Å². The standard InChI is InChI=1S/C22H26N6O7S/c1-13-11-18(35-26-13)15(29)12-36(30,31)27-22-25-24-21(14-7-5-10-19(23-14)34-4)28(22)20-16(32-2)8-6-9-17(20)33-3/h5-11,13,15,26,29H,12H2,1-4H3,(H,25,27)/t13?,15-/m0/s1. The van der Waals surface area contributed by atoms with Gasteiger partial charge in [0.15, 0.2) is 11.6 Å². The Balaban J connectivity index is 1.80. The molecule has 2 aromatic heterocycles. The van der Waals surface area contributed by atoms with Crippen molar-refractivity contribution in [2.75, 3.05) is 31.8 Å². The van der Waals surface area contributed by atoms with Gasteiger partial charge < -0.3 is 24.2 Å². The number of hydrogen-bond donors (Lipinski definition) is 3. The van der Waals surface area contributed by atoms with E-state index in [1.165, 1.54) is 25.9 Å². The molecule has 13 nitrogen and oxygen atoms in total. The number of para-hydroxylation sites is 1. The van der Waals surface area contributed by atoms with E-state index in [9.17, 15) is 13.5 Å². The summed E-state index contributed by atoms with van der Waals surface area (Å²) >= 11 is 0. The largest absolute Gasteiger partial charge is 0.494 e. The molecule has 0 saturated heterocycles. The number of aliphatic hydroxyl groups excluding tert-OH is 1. The normalized spacial score (nSPS) is 16.1.